The van der Waals surface area contributed by atoms with E-state index in [4.69, 9.17) is 4.74 Å². The number of hydrogen-bond donors (Lipinski definition) is 4. The van der Waals surface area contributed by atoms with Crippen molar-refractivity contribution in [3.8, 4) is 5.75 Å². The lowest BCUT2D eigenvalue weighted by Crippen LogP contribution is -2.42. The summed E-state index contributed by atoms with van der Waals surface area (Å²) in [5.74, 6) is 0.636. The maximum atomic E-state index is 11.5. The molecule has 1 rings (SSSR count). The topological polar surface area (TPSA) is 82.6 Å². The van der Waals surface area contributed by atoms with Gasteiger partial charge < -0.3 is 25.8 Å². The number of β-amino-alcohol motifs (C(OH)–C–C–N with tert-alkyl or cyclic N) is 1. The molecule has 1 atom stereocenters. The van der Waals surface area contributed by atoms with Gasteiger partial charge in [-0.2, -0.15) is 0 Å². The second-order valence-electron chi connectivity index (χ2n) is 6.24. The summed E-state index contributed by atoms with van der Waals surface area (Å²) in [6.07, 6.45) is 1.02. The first-order valence-corrected chi connectivity index (χ1v) is 7.62. The molecule has 0 aliphatic heterocycles. The van der Waals surface area contributed by atoms with Gasteiger partial charge in [0, 0.05) is 24.3 Å². The lowest BCUT2D eigenvalue weighted by Gasteiger charge is -2.23. The van der Waals surface area contributed by atoms with Gasteiger partial charge in [-0.3, -0.25) is 0 Å². The third-order valence-corrected chi connectivity index (χ3v) is 2.83. The molecule has 0 bridgehead atoms. The number of nitrogens with one attached hydrogen (secondary N) is 3. The molecule has 1 aromatic rings. The number of benzene rings is 1. The summed E-state index contributed by atoms with van der Waals surface area (Å²) in [5, 5.41) is 18.4. The van der Waals surface area contributed by atoms with E-state index in [0.29, 0.717) is 24.5 Å². The molecule has 0 aromatic heterocycles. The molecule has 0 fully saturated rings. The second kappa shape index (κ2) is 9.17. The SMILES string of the molecule is C=CCNC(=O)Nc1ccc(OCC(O)CNC(C)(C)C)cc1. The van der Waals surface area contributed by atoms with Crippen LogP contribution in [0.4, 0.5) is 10.5 Å². The van der Waals surface area contributed by atoms with Crippen molar-refractivity contribution in [1.29, 1.82) is 0 Å². The monoisotopic (exact) mass is 321 g/mol. The van der Waals surface area contributed by atoms with Crippen LogP contribution in [0.5, 0.6) is 5.75 Å². The van der Waals surface area contributed by atoms with Gasteiger partial charge in [-0.1, -0.05) is 6.08 Å². The van der Waals surface area contributed by atoms with E-state index in [2.05, 4.69) is 22.5 Å². The van der Waals surface area contributed by atoms with Gasteiger partial charge in [0.25, 0.3) is 0 Å². The highest BCUT2D eigenvalue weighted by atomic mass is 16.5. The first kappa shape index (κ1) is 19.0. The zero-order valence-electron chi connectivity index (χ0n) is 14.1. The highest BCUT2D eigenvalue weighted by Crippen LogP contribution is 2.15. The van der Waals surface area contributed by atoms with Crippen LogP contribution in [-0.4, -0.2) is 42.5 Å². The van der Waals surface area contributed by atoms with Crippen LogP contribution in [0.15, 0.2) is 36.9 Å². The van der Waals surface area contributed by atoms with Gasteiger partial charge >= 0.3 is 6.03 Å². The molecule has 0 aliphatic rings. The zero-order chi connectivity index (χ0) is 17.3. The fraction of sp³-hybridized carbons (Fsp3) is 0.471. The minimum atomic E-state index is -0.586. The molecule has 1 aromatic carbocycles. The van der Waals surface area contributed by atoms with Crippen molar-refractivity contribution in [1.82, 2.24) is 10.6 Å². The Bertz CT molecular complexity index is 495. The molecule has 0 saturated heterocycles. The van der Waals surface area contributed by atoms with Gasteiger partial charge in [-0.15, -0.1) is 6.58 Å². The fourth-order valence-corrected chi connectivity index (χ4v) is 1.65. The first-order valence-electron chi connectivity index (χ1n) is 7.62. The van der Waals surface area contributed by atoms with Crippen LogP contribution in [0.2, 0.25) is 0 Å². The van der Waals surface area contributed by atoms with Gasteiger partial charge in [0.1, 0.15) is 18.5 Å². The van der Waals surface area contributed by atoms with Gasteiger partial charge in [-0.05, 0) is 45.0 Å². The van der Waals surface area contributed by atoms with Crippen LogP contribution >= 0.6 is 0 Å². The van der Waals surface area contributed by atoms with Gasteiger partial charge in [0.05, 0.1) is 0 Å². The molecule has 2 amide bonds. The fourth-order valence-electron chi connectivity index (χ4n) is 1.65. The quantitative estimate of drug-likeness (QED) is 0.553. The molecule has 1 unspecified atom stereocenters. The molecular formula is C17H27N3O3. The molecule has 0 heterocycles. The largest absolute Gasteiger partial charge is 0.491 e. The average molecular weight is 321 g/mol. The molecule has 4 N–H and O–H groups in total. The summed E-state index contributed by atoms with van der Waals surface area (Å²) in [5.41, 5.74) is 0.620. The van der Waals surface area contributed by atoms with Crippen LogP contribution in [0, 0.1) is 0 Å². The van der Waals surface area contributed by atoms with Crippen LogP contribution in [0.3, 0.4) is 0 Å². The summed E-state index contributed by atoms with van der Waals surface area (Å²) < 4.78 is 5.53. The number of urea groups is 1. The van der Waals surface area contributed by atoms with Gasteiger partial charge in [0.15, 0.2) is 0 Å². The number of ether oxygens (including phenoxy) is 1. The first-order chi connectivity index (χ1) is 10.8. The summed E-state index contributed by atoms with van der Waals surface area (Å²) in [6.45, 7) is 10.7. The highest BCUT2D eigenvalue weighted by Gasteiger charge is 2.12. The van der Waals surface area contributed by atoms with Crippen molar-refractivity contribution in [2.24, 2.45) is 0 Å². The van der Waals surface area contributed by atoms with E-state index < -0.39 is 6.10 Å². The van der Waals surface area contributed by atoms with Crippen molar-refractivity contribution in [2.45, 2.75) is 32.4 Å². The molecule has 23 heavy (non-hydrogen) atoms. The summed E-state index contributed by atoms with van der Waals surface area (Å²) >= 11 is 0. The van der Waals surface area contributed by atoms with Crippen molar-refractivity contribution in [3.63, 3.8) is 0 Å². The van der Waals surface area contributed by atoms with E-state index in [0.717, 1.165) is 0 Å². The van der Waals surface area contributed by atoms with E-state index in [1.54, 1.807) is 30.3 Å². The van der Waals surface area contributed by atoms with E-state index >= 15 is 0 Å². The smallest absolute Gasteiger partial charge is 0.319 e. The summed E-state index contributed by atoms with van der Waals surface area (Å²) in [7, 11) is 0. The van der Waals surface area contributed by atoms with E-state index in [1.165, 1.54) is 0 Å². The number of carbonyl (C=O) groups is 1. The molecule has 0 radical (unpaired) electrons. The number of carbonyl (C=O) groups excluding carboxylic acids is 1. The number of amides is 2. The van der Waals surface area contributed by atoms with Crippen molar-refractivity contribution in [2.75, 3.05) is 25.0 Å². The molecule has 128 valence electrons. The Kier molecular flexibility index (Phi) is 7.57. The van der Waals surface area contributed by atoms with Gasteiger partial charge in [0.2, 0.25) is 0 Å². The van der Waals surface area contributed by atoms with E-state index in [-0.39, 0.29) is 18.2 Å². The molecule has 0 aliphatic carbocycles. The van der Waals surface area contributed by atoms with Crippen LogP contribution in [-0.2, 0) is 0 Å². The van der Waals surface area contributed by atoms with Crippen molar-refractivity contribution < 1.29 is 14.6 Å². The summed E-state index contributed by atoms with van der Waals surface area (Å²) in [6, 6.07) is 6.67. The minimum absolute atomic E-state index is 0.0412. The number of anilines is 1. The van der Waals surface area contributed by atoms with Crippen molar-refractivity contribution in [3.05, 3.63) is 36.9 Å². The third kappa shape index (κ3) is 8.85. The van der Waals surface area contributed by atoms with Crippen LogP contribution in [0.1, 0.15) is 20.8 Å². The van der Waals surface area contributed by atoms with Crippen molar-refractivity contribution >= 4 is 11.7 Å². The van der Waals surface area contributed by atoms with Crippen LogP contribution < -0.4 is 20.7 Å². The Morgan fingerprint density at radius 1 is 1.35 bits per heavy atom. The molecular weight excluding hydrogens is 294 g/mol. The molecule has 6 heteroatoms. The predicted molar refractivity (Wildman–Crippen MR) is 92.9 cm³/mol. The second-order valence-corrected chi connectivity index (χ2v) is 6.24. The Morgan fingerprint density at radius 3 is 2.57 bits per heavy atom. The minimum Gasteiger partial charge on any atom is -0.491 e. The molecule has 0 saturated carbocycles. The predicted octanol–water partition coefficient (Wildman–Crippen LogP) is 2.12. The number of aliphatic hydroxyl groups is 1. The Labute approximate surface area is 137 Å². The number of aliphatic hydroxyl groups excluding tert-OH is 1. The molecule has 0 spiro atoms. The van der Waals surface area contributed by atoms with E-state index in [1.807, 2.05) is 20.8 Å². The zero-order valence-corrected chi connectivity index (χ0v) is 14.1. The maximum absolute atomic E-state index is 11.5. The standard InChI is InChI=1S/C17H27N3O3/c1-5-10-18-16(22)20-13-6-8-15(9-7-13)23-12-14(21)11-19-17(2,3)4/h5-9,14,19,21H,1,10-12H2,2-4H3,(H2,18,20,22). The Hall–Kier alpha value is -2.05. The van der Waals surface area contributed by atoms with Gasteiger partial charge in [-0.25, -0.2) is 4.79 Å². The molecule has 6 nitrogen and oxygen atoms in total. The Morgan fingerprint density at radius 2 is 2.00 bits per heavy atom. The highest BCUT2D eigenvalue weighted by molar-refractivity contribution is 5.89. The number of rotatable bonds is 8. The van der Waals surface area contributed by atoms with E-state index in [9.17, 15) is 9.90 Å². The normalized spacial score (nSPS) is 12.3. The number of hydrogen-bond acceptors (Lipinski definition) is 4. The van der Waals surface area contributed by atoms with Crippen LogP contribution in [0.25, 0.3) is 0 Å². The summed E-state index contributed by atoms with van der Waals surface area (Å²) in [4.78, 5) is 11.5. The lowest BCUT2D eigenvalue weighted by atomic mass is 10.1. The third-order valence-electron chi connectivity index (χ3n) is 2.83. The lowest BCUT2D eigenvalue weighted by molar-refractivity contribution is 0.100. The Balaban J connectivity index is 2.36. The maximum Gasteiger partial charge on any atom is 0.319 e. The average Bonchev–Trinajstić information content (AvgIpc) is 2.49.